The highest BCUT2D eigenvalue weighted by molar-refractivity contribution is 5.74. The summed E-state index contributed by atoms with van der Waals surface area (Å²) in [7, 11) is 0. The molecule has 3 heteroatoms. The predicted molar refractivity (Wildman–Crippen MR) is 63.0 cm³/mol. The lowest BCUT2D eigenvalue weighted by atomic mass is 9.82. The van der Waals surface area contributed by atoms with Crippen LogP contribution in [0.15, 0.2) is 0 Å². The minimum atomic E-state index is -0.677. The van der Waals surface area contributed by atoms with Gasteiger partial charge in [0.2, 0.25) is 0 Å². The van der Waals surface area contributed by atoms with E-state index in [2.05, 4.69) is 19.2 Å². The molecule has 0 bridgehead atoms. The normalized spacial score (nSPS) is 13.9. The minimum Gasteiger partial charge on any atom is -0.481 e. The van der Waals surface area contributed by atoms with Crippen LogP contribution >= 0.6 is 0 Å². The van der Waals surface area contributed by atoms with E-state index in [1.165, 1.54) is 0 Å². The van der Waals surface area contributed by atoms with Crippen LogP contribution in [0.2, 0.25) is 0 Å². The third kappa shape index (κ3) is 4.20. The Labute approximate surface area is 93.3 Å². The number of carboxylic acids is 1. The fourth-order valence-electron chi connectivity index (χ4n) is 1.58. The molecular formula is C12H25NO2. The lowest BCUT2D eigenvalue weighted by molar-refractivity contribution is -0.149. The van der Waals surface area contributed by atoms with Gasteiger partial charge in [0.05, 0.1) is 5.41 Å². The third-order valence-corrected chi connectivity index (χ3v) is 3.46. The van der Waals surface area contributed by atoms with E-state index in [-0.39, 0.29) is 0 Å². The summed E-state index contributed by atoms with van der Waals surface area (Å²) in [5.41, 5.74) is -0.576. The van der Waals surface area contributed by atoms with Crippen molar-refractivity contribution in [2.75, 3.05) is 13.1 Å². The van der Waals surface area contributed by atoms with E-state index in [0.29, 0.717) is 25.3 Å². The zero-order chi connectivity index (χ0) is 11.9. The van der Waals surface area contributed by atoms with E-state index in [1.807, 2.05) is 13.8 Å². The van der Waals surface area contributed by atoms with E-state index in [4.69, 9.17) is 0 Å². The number of aliphatic carboxylic acids is 1. The molecule has 0 saturated heterocycles. The van der Waals surface area contributed by atoms with Gasteiger partial charge in [-0.25, -0.2) is 0 Å². The molecule has 0 rings (SSSR count). The summed E-state index contributed by atoms with van der Waals surface area (Å²) in [6, 6.07) is 0. The van der Waals surface area contributed by atoms with Crippen LogP contribution in [0.4, 0.5) is 0 Å². The SMILES string of the molecule is CCC(C)CNCC(CC)(CC)C(=O)O. The second-order valence-electron chi connectivity index (χ2n) is 4.44. The van der Waals surface area contributed by atoms with E-state index in [9.17, 15) is 9.90 Å². The lowest BCUT2D eigenvalue weighted by Crippen LogP contribution is -2.41. The first-order chi connectivity index (χ1) is 7.02. The van der Waals surface area contributed by atoms with Crippen LogP contribution < -0.4 is 5.32 Å². The molecule has 3 nitrogen and oxygen atoms in total. The van der Waals surface area contributed by atoms with Crippen LogP contribution in [-0.2, 0) is 4.79 Å². The number of nitrogens with one attached hydrogen (secondary N) is 1. The number of rotatable bonds is 8. The topological polar surface area (TPSA) is 49.3 Å². The smallest absolute Gasteiger partial charge is 0.310 e. The van der Waals surface area contributed by atoms with Gasteiger partial charge in [-0.15, -0.1) is 0 Å². The molecule has 0 radical (unpaired) electrons. The number of hydrogen-bond donors (Lipinski definition) is 2. The Balaban J connectivity index is 4.13. The van der Waals surface area contributed by atoms with Crippen molar-refractivity contribution in [3.05, 3.63) is 0 Å². The highest BCUT2D eigenvalue weighted by atomic mass is 16.4. The maximum atomic E-state index is 11.2. The van der Waals surface area contributed by atoms with Crippen molar-refractivity contribution < 1.29 is 9.90 Å². The number of carbonyl (C=O) groups is 1. The molecule has 90 valence electrons. The second kappa shape index (κ2) is 6.83. The summed E-state index contributed by atoms with van der Waals surface area (Å²) in [6.07, 6.45) is 2.50. The molecule has 0 aromatic heterocycles. The zero-order valence-electron chi connectivity index (χ0n) is 10.5. The molecule has 1 atom stereocenters. The van der Waals surface area contributed by atoms with Crippen molar-refractivity contribution >= 4 is 5.97 Å². The highest BCUT2D eigenvalue weighted by Crippen LogP contribution is 2.25. The summed E-state index contributed by atoms with van der Waals surface area (Å²) in [5, 5.41) is 12.5. The number of hydrogen-bond acceptors (Lipinski definition) is 2. The summed E-state index contributed by atoms with van der Waals surface area (Å²) in [6.45, 7) is 9.71. The van der Waals surface area contributed by atoms with E-state index in [1.54, 1.807) is 0 Å². The Bertz CT molecular complexity index is 188. The Kier molecular flexibility index (Phi) is 6.57. The maximum Gasteiger partial charge on any atom is 0.310 e. The van der Waals surface area contributed by atoms with Crippen molar-refractivity contribution in [3.63, 3.8) is 0 Å². The van der Waals surface area contributed by atoms with Gasteiger partial charge in [0.25, 0.3) is 0 Å². The molecule has 0 aromatic carbocycles. The van der Waals surface area contributed by atoms with Gasteiger partial charge >= 0.3 is 5.97 Å². The van der Waals surface area contributed by atoms with Gasteiger partial charge in [0.15, 0.2) is 0 Å². The third-order valence-electron chi connectivity index (χ3n) is 3.46. The van der Waals surface area contributed by atoms with E-state index >= 15 is 0 Å². The van der Waals surface area contributed by atoms with Crippen molar-refractivity contribution in [2.24, 2.45) is 11.3 Å². The summed E-state index contributed by atoms with van der Waals surface area (Å²) in [5.74, 6) is -0.0608. The zero-order valence-corrected chi connectivity index (χ0v) is 10.5. The molecule has 0 spiro atoms. The number of carboxylic acid groups (broad SMARTS) is 1. The van der Waals surface area contributed by atoms with Gasteiger partial charge in [0.1, 0.15) is 0 Å². The average molecular weight is 215 g/mol. The Morgan fingerprint density at radius 2 is 1.87 bits per heavy atom. The molecule has 1 unspecified atom stereocenters. The van der Waals surface area contributed by atoms with Gasteiger partial charge in [-0.05, 0) is 25.3 Å². The van der Waals surface area contributed by atoms with Gasteiger partial charge < -0.3 is 10.4 Å². The van der Waals surface area contributed by atoms with Crippen LogP contribution in [0.5, 0.6) is 0 Å². The summed E-state index contributed by atoms with van der Waals surface area (Å²) >= 11 is 0. The van der Waals surface area contributed by atoms with Crippen molar-refractivity contribution in [2.45, 2.75) is 47.0 Å². The monoisotopic (exact) mass is 215 g/mol. The quantitative estimate of drug-likeness (QED) is 0.654. The fourth-order valence-corrected chi connectivity index (χ4v) is 1.58. The van der Waals surface area contributed by atoms with Crippen molar-refractivity contribution in [1.29, 1.82) is 0 Å². The molecule has 0 amide bonds. The fraction of sp³-hybridized carbons (Fsp3) is 0.917. The van der Waals surface area contributed by atoms with E-state index < -0.39 is 11.4 Å². The van der Waals surface area contributed by atoms with Gasteiger partial charge in [-0.2, -0.15) is 0 Å². The molecular weight excluding hydrogens is 190 g/mol. The van der Waals surface area contributed by atoms with Crippen LogP contribution in [0.1, 0.15) is 47.0 Å². The first-order valence-electron chi connectivity index (χ1n) is 5.96. The minimum absolute atomic E-state index is 0.576. The first kappa shape index (κ1) is 14.4. The van der Waals surface area contributed by atoms with Gasteiger partial charge in [0, 0.05) is 6.54 Å². The molecule has 0 aliphatic heterocycles. The summed E-state index contributed by atoms with van der Waals surface area (Å²) in [4.78, 5) is 11.2. The molecule has 0 aliphatic rings. The first-order valence-corrected chi connectivity index (χ1v) is 5.96. The molecule has 0 aliphatic carbocycles. The molecule has 0 heterocycles. The Hall–Kier alpha value is -0.570. The summed E-state index contributed by atoms with van der Waals surface area (Å²) < 4.78 is 0. The van der Waals surface area contributed by atoms with Crippen LogP contribution in [0, 0.1) is 11.3 Å². The largest absolute Gasteiger partial charge is 0.481 e. The average Bonchev–Trinajstić information content (AvgIpc) is 2.24. The van der Waals surface area contributed by atoms with Crippen molar-refractivity contribution in [1.82, 2.24) is 5.32 Å². The van der Waals surface area contributed by atoms with E-state index in [0.717, 1.165) is 13.0 Å². The molecule has 0 fully saturated rings. The molecule has 15 heavy (non-hydrogen) atoms. The van der Waals surface area contributed by atoms with Crippen LogP contribution in [0.25, 0.3) is 0 Å². The maximum absolute atomic E-state index is 11.2. The Morgan fingerprint density at radius 3 is 2.20 bits per heavy atom. The predicted octanol–water partition coefficient (Wildman–Crippen LogP) is 2.51. The van der Waals surface area contributed by atoms with Gasteiger partial charge in [-0.1, -0.05) is 34.1 Å². The van der Waals surface area contributed by atoms with Crippen LogP contribution in [0.3, 0.4) is 0 Å². The van der Waals surface area contributed by atoms with Gasteiger partial charge in [-0.3, -0.25) is 4.79 Å². The molecule has 0 saturated carbocycles. The lowest BCUT2D eigenvalue weighted by Gasteiger charge is -2.27. The Morgan fingerprint density at radius 1 is 1.33 bits per heavy atom. The highest BCUT2D eigenvalue weighted by Gasteiger charge is 2.34. The molecule has 0 aromatic rings. The van der Waals surface area contributed by atoms with Crippen LogP contribution in [-0.4, -0.2) is 24.2 Å². The second-order valence-corrected chi connectivity index (χ2v) is 4.44. The van der Waals surface area contributed by atoms with Crippen molar-refractivity contribution in [3.8, 4) is 0 Å². The standard InChI is InChI=1S/C12H25NO2/c1-5-10(4)8-13-9-12(6-2,7-3)11(14)15/h10,13H,5-9H2,1-4H3,(H,14,15). The molecule has 2 N–H and O–H groups in total.